The quantitative estimate of drug-likeness (QED) is 0.389. The lowest BCUT2D eigenvalue weighted by atomic mass is 10.2. The van der Waals surface area contributed by atoms with Crippen molar-refractivity contribution in [3.8, 4) is 5.75 Å². The third-order valence-electron chi connectivity index (χ3n) is 3.98. The molecule has 0 aliphatic rings. The standard InChI is InChI=1S/C22H31N5O3/c1-22(2,3)30-21(28)27(16-17-7-5-12-24-15-17)14-6-13-25-20(23)26-18-8-10-19(29-4)11-9-18/h5,7-12,15H,6,13-14,16H2,1-4H3,(H3,23,25,26). The van der Waals surface area contributed by atoms with Crippen LogP contribution in [0.25, 0.3) is 0 Å². The lowest BCUT2D eigenvalue weighted by Gasteiger charge is -2.27. The first-order valence-corrected chi connectivity index (χ1v) is 9.84. The summed E-state index contributed by atoms with van der Waals surface area (Å²) in [6, 6.07) is 11.2. The normalized spacial score (nSPS) is 11.7. The second kappa shape index (κ2) is 11.0. The van der Waals surface area contributed by atoms with Crippen LogP contribution >= 0.6 is 0 Å². The maximum absolute atomic E-state index is 12.6. The van der Waals surface area contributed by atoms with Gasteiger partial charge in [0.2, 0.25) is 0 Å². The number of hydrogen-bond donors (Lipinski definition) is 2. The van der Waals surface area contributed by atoms with Gasteiger partial charge in [-0.15, -0.1) is 0 Å². The van der Waals surface area contributed by atoms with Gasteiger partial charge >= 0.3 is 6.09 Å². The largest absolute Gasteiger partial charge is 0.497 e. The highest BCUT2D eigenvalue weighted by atomic mass is 16.6. The number of methoxy groups -OCH3 is 1. The van der Waals surface area contributed by atoms with Gasteiger partial charge in [0.1, 0.15) is 11.4 Å². The summed E-state index contributed by atoms with van der Waals surface area (Å²) in [4.78, 5) is 22.7. The number of aliphatic imine (C=N–C) groups is 1. The number of amides is 1. The summed E-state index contributed by atoms with van der Waals surface area (Å²) in [5, 5.41) is 3.03. The topological polar surface area (TPSA) is 102 Å². The van der Waals surface area contributed by atoms with E-state index in [0.29, 0.717) is 32.0 Å². The van der Waals surface area contributed by atoms with Gasteiger partial charge in [-0.1, -0.05) is 6.07 Å². The molecule has 8 heteroatoms. The van der Waals surface area contributed by atoms with Crippen LogP contribution in [0.5, 0.6) is 5.75 Å². The molecular weight excluding hydrogens is 382 g/mol. The number of ether oxygens (including phenoxy) is 2. The Balaban J connectivity index is 1.89. The van der Waals surface area contributed by atoms with Crippen LogP contribution in [0, 0.1) is 0 Å². The van der Waals surface area contributed by atoms with E-state index in [2.05, 4.69) is 15.3 Å². The molecule has 1 amide bonds. The smallest absolute Gasteiger partial charge is 0.410 e. The first kappa shape index (κ1) is 23.0. The Morgan fingerprint density at radius 2 is 1.97 bits per heavy atom. The fourth-order valence-electron chi connectivity index (χ4n) is 2.60. The Morgan fingerprint density at radius 1 is 1.23 bits per heavy atom. The molecule has 1 heterocycles. The SMILES string of the molecule is COc1ccc(NC(N)=NCCCN(Cc2cccnc2)C(=O)OC(C)(C)C)cc1. The highest BCUT2D eigenvalue weighted by molar-refractivity contribution is 5.92. The summed E-state index contributed by atoms with van der Waals surface area (Å²) in [6.07, 6.45) is 3.73. The molecule has 0 fully saturated rings. The van der Waals surface area contributed by atoms with E-state index in [9.17, 15) is 4.79 Å². The van der Waals surface area contributed by atoms with Crippen molar-refractivity contribution in [1.82, 2.24) is 9.88 Å². The number of carbonyl (C=O) groups is 1. The van der Waals surface area contributed by atoms with Gasteiger partial charge in [-0.3, -0.25) is 9.98 Å². The molecule has 1 aromatic carbocycles. The van der Waals surface area contributed by atoms with Crippen molar-refractivity contribution in [1.29, 1.82) is 0 Å². The maximum Gasteiger partial charge on any atom is 0.410 e. The monoisotopic (exact) mass is 413 g/mol. The fraction of sp³-hybridized carbons (Fsp3) is 0.409. The fourth-order valence-corrected chi connectivity index (χ4v) is 2.60. The van der Waals surface area contributed by atoms with Crippen molar-refractivity contribution < 1.29 is 14.3 Å². The second-order valence-corrected chi connectivity index (χ2v) is 7.74. The molecule has 8 nitrogen and oxygen atoms in total. The Bertz CT molecular complexity index is 817. The zero-order valence-corrected chi connectivity index (χ0v) is 18.1. The van der Waals surface area contributed by atoms with Crippen molar-refractivity contribution in [3.05, 3.63) is 54.4 Å². The van der Waals surface area contributed by atoms with Gasteiger partial charge in [0.05, 0.1) is 13.7 Å². The minimum Gasteiger partial charge on any atom is -0.497 e. The predicted molar refractivity (Wildman–Crippen MR) is 119 cm³/mol. The van der Waals surface area contributed by atoms with Crippen LogP contribution < -0.4 is 15.8 Å². The van der Waals surface area contributed by atoms with Gasteiger partial charge in [-0.05, 0) is 63.1 Å². The molecule has 1 aromatic heterocycles. The number of pyridine rings is 1. The van der Waals surface area contributed by atoms with Crippen molar-refractivity contribution in [3.63, 3.8) is 0 Å². The van der Waals surface area contributed by atoms with Crippen LogP contribution in [0.3, 0.4) is 0 Å². The third kappa shape index (κ3) is 8.38. The maximum atomic E-state index is 12.6. The number of guanidine groups is 1. The zero-order chi connectivity index (χ0) is 22.0. The van der Waals surface area contributed by atoms with Gasteiger partial charge in [-0.25, -0.2) is 4.79 Å². The van der Waals surface area contributed by atoms with Gasteiger partial charge in [-0.2, -0.15) is 0 Å². The molecule has 0 saturated heterocycles. The summed E-state index contributed by atoms with van der Waals surface area (Å²) >= 11 is 0. The number of nitrogens with one attached hydrogen (secondary N) is 1. The van der Waals surface area contributed by atoms with E-state index in [-0.39, 0.29) is 6.09 Å². The van der Waals surface area contributed by atoms with Crippen LogP contribution in [0.1, 0.15) is 32.8 Å². The van der Waals surface area contributed by atoms with Crippen LogP contribution in [-0.4, -0.2) is 47.7 Å². The molecule has 162 valence electrons. The van der Waals surface area contributed by atoms with Crippen LogP contribution in [0.15, 0.2) is 53.8 Å². The minimum absolute atomic E-state index is 0.316. The van der Waals surface area contributed by atoms with E-state index in [1.807, 2.05) is 57.2 Å². The number of anilines is 1. The average molecular weight is 414 g/mol. The van der Waals surface area contributed by atoms with Crippen molar-refractivity contribution >= 4 is 17.7 Å². The van der Waals surface area contributed by atoms with E-state index >= 15 is 0 Å². The van der Waals surface area contributed by atoms with Gasteiger partial charge in [0.25, 0.3) is 0 Å². The summed E-state index contributed by atoms with van der Waals surface area (Å²) < 4.78 is 10.7. The van der Waals surface area contributed by atoms with E-state index in [1.54, 1.807) is 24.4 Å². The molecule has 0 spiro atoms. The van der Waals surface area contributed by atoms with Crippen LogP contribution in [-0.2, 0) is 11.3 Å². The van der Waals surface area contributed by atoms with Gasteiger partial charge in [0, 0.05) is 31.2 Å². The highest BCUT2D eigenvalue weighted by Gasteiger charge is 2.22. The third-order valence-corrected chi connectivity index (χ3v) is 3.98. The Morgan fingerprint density at radius 3 is 2.57 bits per heavy atom. The number of nitrogens with two attached hydrogens (primary N) is 1. The number of nitrogens with zero attached hydrogens (tertiary/aromatic N) is 3. The Hall–Kier alpha value is -3.29. The number of benzene rings is 1. The van der Waals surface area contributed by atoms with Gasteiger partial charge in [0.15, 0.2) is 5.96 Å². The Labute approximate surface area is 178 Å². The first-order valence-electron chi connectivity index (χ1n) is 9.84. The number of rotatable bonds is 8. The van der Waals surface area contributed by atoms with Crippen molar-refractivity contribution in [2.24, 2.45) is 10.7 Å². The molecule has 0 aliphatic carbocycles. The molecule has 0 bridgehead atoms. The van der Waals surface area contributed by atoms with E-state index in [1.165, 1.54) is 0 Å². The molecule has 2 aromatic rings. The Kier molecular flexibility index (Phi) is 8.46. The summed E-state index contributed by atoms with van der Waals surface area (Å²) in [6.45, 7) is 6.94. The molecule has 3 N–H and O–H groups in total. The minimum atomic E-state index is -0.560. The van der Waals surface area contributed by atoms with Crippen molar-refractivity contribution in [2.75, 3.05) is 25.5 Å². The lowest BCUT2D eigenvalue weighted by Crippen LogP contribution is -2.37. The van der Waals surface area contributed by atoms with E-state index < -0.39 is 5.60 Å². The molecule has 2 rings (SSSR count). The summed E-state index contributed by atoms with van der Waals surface area (Å²) in [5.41, 5.74) is 7.15. The number of aromatic nitrogens is 1. The number of carbonyl (C=O) groups excluding carboxylic acids is 1. The number of hydrogen-bond acceptors (Lipinski definition) is 5. The molecule has 30 heavy (non-hydrogen) atoms. The molecule has 0 saturated carbocycles. The van der Waals surface area contributed by atoms with Crippen molar-refractivity contribution in [2.45, 2.75) is 39.3 Å². The summed E-state index contributed by atoms with van der Waals surface area (Å²) in [7, 11) is 1.62. The zero-order valence-electron chi connectivity index (χ0n) is 18.1. The average Bonchev–Trinajstić information content (AvgIpc) is 2.70. The highest BCUT2D eigenvalue weighted by Crippen LogP contribution is 2.15. The molecule has 0 atom stereocenters. The van der Waals surface area contributed by atoms with E-state index in [0.717, 1.165) is 17.0 Å². The van der Waals surface area contributed by atoms with Gasteiger partial charge < -0.3 is 25.4 Å². The van der Waals surface area contributed by atoms with E-state index in [4.69, 9.17) is 15.2 Å². The molecular formula is C22H31N5O3. The molecule has 0 unspecified atom stereocenters. The predicted octanol–water partition coefficient (Wildman–Crippen LogP) is 3.64. The lowest BCUT2D eigenvalue weighted by molar-refractivity contribution is 0.0232. The molecule has 0 aliphatic heterocycles. The molecule has 0 radical (unpaired) electrons. The first-order chi connectivity index (χ1) is 14.3. The summed E-state index contributed by atoms with van der Waals surface area (Å²) in [5.74, 6) is 1.09. The van der Waals surface area contributed by atoms with Crippen LogP contribution in [0.2, 0.25) is 0 Å². The second-order valence-electron chi connectivity index (χ2n) is 7.74. The van der Waals surface area contributed by atoms with Crippen LogP contribution in [0.4, 0.5) is 10.5 Å².